The van der Waals surface area contributed by atoms with Crippen LogP contribution in [0.1, 0.15) is 30.9 Å². The summed E-state index contributed by atoms with van der Waals surface area (Å²) in [4.78, 5) is 20.4. The SMILES string of the molecule is CN(C)C1(C(c2ccc3[nH]ccc3c2)n2c(O)c[nH]c2=O)CCC1. The van der Waals surface area contributed by atoms with Crippen molar-refractivity contribution in [2.24, 2.45) is 0 Å². The summed E-state index contributed by atoms with van der Waals surface area (Å²) in [6, 6.07) is 7.98. The molecule has 0 radical (unpaired) electrons. The van der Waals surface area contributed by atoms with Gasteiger partial charge < -0.3 is 20.0 Å². The van der Waals surface area contributed by atoms with Gasteiger partial charge in [-0.25, -0.2) is 4.79 Å². The molecule has 1 atom stereocenters. The molecule has 6 heteroatoms. The zero-order chi connectivity index (χ0) is 16.9. The van der Waals surface area contributed by atoms with Crippen molar-refractivity contribution in [2.45, 2.75) is 30.8 Å². The van der Waals surface area contributed by atoms with Gasteiger partial charge in [-0.2, -0.15) is 0 Å². The molecule has 0 spiro atoms. The summed E-state index contributed by atoms with van der Waals surface area (Å²) in [5, 5.41) is 11.4. The van der Waals surface area contributed by atoms with Crippen LogP contribution in [0.2, 0.25) is 0 Å². The molecular weight excluding hydrogens is 304 g/mol. The van der Waals surface area contributed by atoms with E-state index in [1.807, 2.05) is 24.4 Å². The zero-order valence-electron chi connectivity index (χ0n) is 13.9. The molecule has 1 fully saturated rings. The predicted octanol–water partition coefficient (Wildman–Crippen LogP) is 2.44. The van der Waals surface area contributed by atoms with Gasteiger partial charge in [0.25, 0.3) is 0 Å². The van der Waals surface area contributed by atoms with Gasteiger partial charge in [-0.05, 0) is 62.5 Å². The lowest BCUT2D eigenvalue weighted by Crippen LogP contribution is -2.57. The zero-order valence-corrected chi connectivity index (χ0v) is 13.9. The maximum absolute atomic E-state index is 12.4. The van der Waals surface area contributed by atoms with Gasteiger partial charge in [0.1, 0.15) is 0 Å². The Balaban J connectivity index is 1.95. The molecule has 1 aliphatic rings. The molecule has 1 aliphatic carbocycles. The first-order chi connectivity index (χ1) is 11.5. The molecule has 6 nitrogen and oxygen atoms in total. The number of aromatic amines is 2. The van der Waals surface area contributed by atoms with Crippen LogP contribution in [-0.4, -0.2) is 44.2 Å². The average molecular weight is 326 g/mol. The third-order valence-corrected chi connectivity index (χ3v) is 5.56. The number of aromatic nitrogens is 3. The summed E-state index contributed by atoms with van der Waals surface area (Å²) in [6.07, 6.45) is 6.39. The Bertz CT molecular complexity index is 930. The molecule has 1 saturated carbocycles. The van der Waals surface area contributed by atoms with Crippen molar-refractivity contribution in [3.8, 4) is 5.88 Å². The number of fused-ring (bicyclic) bond motifs is 1. The van der Waals surface area contributed by atoms with Crippen molar-refractivity contribution in [3.05, 3.63) is 52.7 Å². The first-order valence-corrected chi connectivity index (χ1v) is 8.26. The van der Waals surface area contributed by atoms with E-state index in [0.717, 1.165) is 35.7 Å². The number of benzene rings is 1. The molecule has 1 unspecified atom stereocenters. The number of rotatable bonds is 4. The summed E-state index contributed by atoms with van der Waals surface area (Å²) >= 11 is 0. The normalized spacial score (nSPS) is 18.0. The number of likely N-dealkylation sites (N-methyl/N-ethyl adjacent to an activating group) is 1. The quantitative estimate of drug-likeness (QED) is 0.689. The van der Waals surface area contributed by atoms with E-state index in [9.17, 15) is 9.90 Å². The van der Waals surface area contributed by atoms with Crippen LogP contribution in [0.25, 0.3) is 10.9 Å². The molecular formula is C18H22N4O2. The van der Waals surface area contributed by atoms with E-state index < -0.39 is 0 Å². The van der Waals surface area contributed by atoms with E-state index in [0.29, 0.717) is 0 Å². The Morgan fingerprint density at radius 3 is 2.62 bits per heavy atom. The lowest BCUT2D eigenvalue weighted by atomic mass is 9.68. The second kappa shape index (κ2) is 5.27. The van der Waals surface area contributed by atoms with Crippen molar-refractivity contribution >= 4 is 10.9 Å². The number of nitrogens with one attached hydrogen (secondary N) is 2. The van der Waals surface area contributed by atoms with Gasteiger partial charge >= 0.3 is 5.69 Å². The number of hydrogen-bond donors (Lipinski definition) is 3. The molecule has 126 valence electrons. The lowest BCUT2D eigenvalue weighted by Gasteiger charge is -2.52. The Kier molecular flexibility index (Phi) is 3.31. The molecule has 4 rings (SSSR count). The van der Waals surface area contributed by atoms with Crippen molar-refractivity contribution in [1.82, 2.24) is 19.4 Å². The molecule has 24 heavy (non-hydrogen) atoms. The van der Waals surface area contributed by atoms with Crippen molar-refractivity contribution in [1.29, 1.82) is 0 Å². The van der Waals surface area contributed by atoms with Gasteiger partial charge in [-0.1, -0.05) is 6.07 Å². The van der Waals surface area contributed by atoms with Crippen LogP contribution in [0.4, 0.5) is 0 Å². The van der Waals surface area contributed by atoms with Crippen LogP contribution in [0, 0.1) is 0 Å². The van der Waals surface area contributed by atoms with E-state index in [4.69, 9.17) is 0 Å². The predicted molar refractivity (Wildman–Crippen MR) is 93.4 cm³/mol. The fourth-order valence-electron chi connectivity index (χ4n) is 4.06. The van der Waals surface area contributed by atoms with Gasteiger partial charge in [-0.3, -0.25) is 4.57 Å². The molecule has 0 saturated heterocycles. The second-order valence-corrected chi connectivity index (χ2v) is 6.90. The van der Waals surface area contributed by atoms with Crippen LogP contribution in [0.5, 0.6) is 5.88 Å². The topological polar surface area (TPSA) is 77.0 Å². The Hall–Kier alpha value is -2.47. The van der Waals surface area contributed by atoms with Crippen LogP contribution >= 0.6 is 0 Å². The summed E-state index contributed by atoms with van der Waals surface area (Å²) < 4.78 is 1.49. The fourth-order valence-corrected chi connectivity index (χ4v) is 4.06. The first kappa shape index (κ1) is 15.1. The molecule has 1 aromatic carbocycles. The number of aromatic hydroxyl groups is 1. The molecule has 0 bridgehead atoms. The van der Waals surface area contributed by atoms with Crippen LogP contribution in [-0.2, 0) is 0 Å². The average Bonchev–Trinajstić information content (AvgIpc) is 3.09. The van der Waals surface area contributed by atoms with Gasteiger partial charge in [0.2, 0.25) is 5.88 Å². The minimum absolute atomic E-state index is 0.0210. The molecule has 0 aliphatic heterocycles. The minimum Gasteiger partial charge on any atom is -0.493 e. The monoisotopic (exact) mass is 326 g/mol. The molecule has 0 amide bonds. The van der Waals surface area contributed by atoms with E-state index >= 15 is 0 Å². The minimum atomic E-state index is -0.278. The second-order valence-electron chi connectivity index (χ2n) is 6.90. The maximum Gasteiger partial charge on any atom is 0.329 e. The standard InChI is InChI=1S/C18H22N4O2/c1-21(2)18(7-3-8-18)16(22-15(23)11-20-17(22)24)13-4-5-14-12(10-13)6-9-19-14/h4-6,9-11,16,19,23H,3,7-8H2,1-2H3,(H,20,24). The number of hydrogen-bond acceptors (Lipinski definition) is 3. The van der Waals surface area contributed by atoms with Gasteiger partial charge in [0, 0.05) is 17.3 Å². The molecule has 3 aromatic rings. The summed E-state index contributed by atoms with van der Waals surface area (Å²) in [7, 11) is 4.10. The highest BCUT2D eigenvalue weighted by Gasteiger charge is 2.48. The smallest absolute Gasteiger partial charge is 0.329 e. The molecule has 2 heterocycles. The summed E-state index contributed by atoms with van der Waals surface area (Å²) in [6.45, 7) is 0. The van der Waals surface area contributed by atoms with Crippen molar-refractivity contribution in [3.63, 3.8) is 0 Å². The fraction of sp³-hybridized carbons (Fsp3) is 0.389. The van der Waals surface area contributed by atoms with Crippen LogP contribution in [0.15, 0.2) is 41.5 Å². The van der Waals surface area contributed by atoms with Crippen molar-refractivity contribution < 1.29 is 5.11 Å². The first-order valence-electron chi connectivity index (χ1n) is 8.26. The van der Waals surface area contributed by atoms with E-state index in [-0.39, 0.29) is 23.2 Å². The largest absolute Gasteiger partial charge is 0.493 e. The van der Waals surface area contributed by atoms with Gasteiger partial charge in [0.05, 0.1) is 12.2 Å². The number of nitrogens with zero attached hydrogens (tertiary/aromatic N) is 2. The third-order valence-electron chi connectivity index (χ3n) is 5.56. The Labute approximate surface area is 139 Å². The highest BCUT2D eigenvalue weighted by molar-refractivity contribution is 5.80. The van der Waals surface area contributed by atoms with Crippen LogP contribution in [0.3, 0.4) is 0 Å². The van der Waals surface area contributed by atoms with Gasteiger partial charge in [-0.15, -0.1) is 0 Å². The lowest BCUT2D eigenvalue weighted by molar-refractivity contribution is 0.0179. The van der Waals surface area contributed by atoms with Gasteiger partial charge in [0.15, 0.2) is 0 Å². The van der Waals surface area contributed by atoms with Crippen LogP contribution < -0.4 is 5.69 Å². The number of imidazole rings is 1. The van der Waals surface area contributed by atoms with Crippen molar-refractivity contribution in [2.75, 3.05) is 14.1 Å². The van der Waals surface area contributed by atoms with E-state index in [2.05, 4.69) is 35.0 Å². The third kappa shape index (κ3) is 2.03. The number of H-pyrrole nitrogens is 2. The maximum atomic E-state index is 12.4. The van der Waals surface area contributed by atoms with E-state index in [1.165, 1.54) is 10.8 Å². The Morgan fingerprint density at radius 1 is 1.25 bits per heavy atom. The van der Waals surface area contributed by atoms with E-state index in [1.54, 1.807) is 0 Å². The molecule has 3 N–H and O–H groups in total. The highest BCUT2D eigenvalue weighted by Crippen LogP contribution is 2.48. The Morgan fingerprint density at radius 2 is 2.04 bits per heavy atom. The molecule has 2 aromatic heterocycles. The highest BCUT2D eigenvalue weighted by atomic mass is 16.3. The summed E-state index contributed by atoms with van der Waals surface area (Å²) in [5.74, 6) is -0.0210. The summed E-state index contributed by atoms with van der Waals surface area (Å²) in [5.41, 5.74) is 1.65.